The Balaban J connectivity index is 1.98. The van der Waals surface area contributed by atoms with Gasteiger partial charge < -0.3 is 18.6 Å². The molecule has 3 heterocycles. The Kier molecular flexibility index (Phi) is 3.62. The van der Waals surface area contributed by atoms with Crippen LogP contribution in [-0.4, -0.2) is 43.4 Å². The fourth-order valence-electron chi connectivity index (χ4n) is 2.25. The smallest absolute Gasteiger partial charge is 0.280 e. The number of hydrogen-bond acceptors (Lipinski definition) is 7. The van der Waals surface area contributed by atoms with Crippen LogP contribution in [0.2, 0.25) is 0 Å². The number of aromatic amines is 1. The highest BCUT2D eigenvalue weighted by atomic mass is 127. The number of fused-ring (bicyclic) bond motifs is 1. The lowest BCUT2D eigenvalue weighted by molar-refractivity contribution is -0.0317. The molecule has 2 aromatic rings. The quantitative estimate of drug-likeness (QED) is 0.612. The normalized spacial score (nSPS) is 26.4. The number of imidazole rings is 1. The van der Waals surface area contributed by atoms with E-state index in [1.54, 1.807) is 27.6 Å². The van der Waals surface area contributed by atoms with Crippen molar-refractivity contribution in [1.29, 1.82) is 0 Å². The van der Waals surface area contributed by atoms with Crippen molar-refractivity contribution in [3.05, 3.63) is 16.7 Å². The molecule has 1 aliphatic rings. The minimum atomic E-state index is -0.647. The molecule has 0 saturated carbocycles. The first-order valence-electron chi connectivity index (χ1n) is 5.89. The second-order valence-electron chi connectivity index (χ2n) is 4.48. The van der Waals surface area contributed by atoms with E-state index in [1.807, 2.05) is 0 Å². The molecule has 108 valence electrons. The van der Waals surface area contributed by atoms with Crippen LogP contribution in [-0.2, 0) is 7.80 Å². The Bertz CT molecular complexity index is 686. The van der Waals surface area contributed by atoms with Gasteiger partial charge in [-0.25, -0.2) is 4.98 Å². The highest BCUT2D eigenvalue weighted by molar-refractivity contribution is 14.1. The molecule has 3 rings (SSSR count). The van der Waals surface area contributed by atoms with E-state index in [0.717, 1.165) is 0 Å². The summed E-state index contributed by atoms with van der Waals surface area (Å²) in [7, 11) is 0. The molecule has 0 radical (unpaired) electrons. The monoisotopic (exact) mass is 393 g/mol. The van der Waals surface area contributed by atoms with Crippen molar-refractivity contribution in [2.45, 2.75) is 24.9 Å². The third kappa shape index (κ3) is 2.28. The highest BCUT2D eigenvalue weighted by Gasteiger charge is 2.36. The molecule has 9 nitrogen and oxygen atoms in total. The number of H-pyrrole nitrogens is 1. The summed E-state index contributed by atoms with van der Waals surface area (Å²) < 4.78 is 12.2. The minimum Gasteiger partial charge on any atom is -0.390 e. The Morgan fingerprint density at radius 1 is 1.70 bits per heavy atom. The number of nitrogens with zero attached hydrogens (tertiary/aromatic N) is 3. The van der Waals surface area contributed by atoms with Gasteiger partial charge >= 0.3 is 0 Å². The maximum Gasteiger partial charge on any atom is 0.280 e. The molecule has 0 unspecified atom stereocenters. The molecule has 2 aromatic heterocycles. The van der Waals surface area contributed by atoms with Gasteiger partial charge in [-0.2, -0.15) is 4.98 Å². The zero-order valence-electron chi connectivity index (χ0n) is 10.2. The molecule has 4 N–H and O–H groups in total. The number of ether oxygens (including phenoxy) is 1. The Labute approximate surface area is 126 Å². The number of nitrogens with one attached hydrogen (secondary N) is 1. The van der Waals surface area contributed by atoms with E-state index in [2.05, 4.69) is 15.0 Å². The van der Waals surface area contributed by atoms with Gasteiger partial charge in [-0.3, -0.25) is 14.3 Å². The predicted octanol–water partition coefficient (Wildman–Crippen LogP) is -0.283. The van der Waals surface area contributed by atoms with Gasteiger partial charge in [0, 0.05) is 6.42 Å². The van der Waals surface area contributed by atoms with Crippen molar-refractivity contribution < 1.29 is 12.9 Å². The molecule has 0 amide bonds. The van der Waals surface area contributed by atoms with Gasteiger partial charge in [0.25, 0.3) is 5.56 Å². The maximum atomic E-state index is 11.7. The summed E-state index contributed by atoms with van der Waals surface area (Å²) in [6.45, 7) is 0.279. The first kappa shape index (κ1) is 13.7. The molecule has 1 fully saturated rings. The van der Waals surface area contributed by atoms with Crippen LogP contribution in [0.15, 0.2) is 11.1 Å². The number of halogens is 1. The maximum absolute atomic E-state index is 11.7. The van der Waals surface area contributed by atoms with Crippen LogP contribution in [0.3, 0.4) is 0 Å². The average Bonchev–Trinajstić information content (AvgIpc) is 2.94. The largest absolute Gasteiger partial charge is 0.390 e. The first-order valence-corrected chi connectivity index (χ1v) is 6.77. The van der Waals surface area contributed by atoms with Crippen LogP contribution in [0.4, 0.5) is 5.95 Å². The van der Waals surface area contributed by atoms with E-state index in [9.17, 15) is 9.90 Å². The van der Waals surface area contributed by atoms with E-state index in [-0.39, 0.29) is 18.1 Å². The molecular formula is C10H12IN5O4. The van der Waals surface area contributed by atoms with Gasteiger partial charge in [0.1, 0.15) is 35.3 Å². The summed E-state index contributed by atoms with van der Waals surface area (Å²) in [6.07, 6.45) is 0.294. The summed E-state index contributed by atoms with van der Waals surface area (Å²) in [4.78, 5) is 22.1. The van der Waals surface area contributed by atoms with Gasteiger partial charge in [-0.1, -0.05) is 0 Å². The van der Waals surface area contributed by atoms with E-state index in [4.69, 9.17) is 13.5 Å². The summed E-state index contributed by atoms with van der Waals surface area (Å²) in [5.74, 6) is 0.00920. The molecule has 1 aliphatic heterocycles. The van der Waals surface area contributed by atoms with Crippen LogP contribution in [0.25, 0.3) is 11.2 Å². The van der Waals surface area contributed by atoms with Crippen molar-refractivity contribution in [1.82, 2.24) is 19.5 Å². The van der Waals surface area contributed by atoms with E-state index >= 15 is 0 Å². The third-order valence-electron chi connectivity index (χ3n) is 3.19. The SMILES string of the molecule is Nc1nc2c(ncn2[C@H]2C[C@@H](O)[C@@H](COI)O2)c(=O)[nH]1. The molecule has 10 heteroatoms. The van der Waals surface area contributed by atoms with Gasteiger partial charge in [0.2, 0.25) is 5.95 Å². The number of nitrogens with two attached hydrogens (primary N) is 1. The van der Waals surface area contributed by atoms with Crippen LogP contribution in [0, 0.1) is 0 Å². The topological polar surface area (TPSA) is 128 Å². The van der Waals surface area contributed by atoms with Gasteiger partial charge in [-0.15, -0.1) is 0 Å². The van der Waals surface area contributed by atoms with Crippen molar-refractivity contribution in [3.8, 4) is 0 Å². The van der Waals surface area contributed by atoms with Crippen molar-refractivity contribution in [2.24, 2.45) is 0 Å². The minimum absolute atomic E-state index is 0.00920. The molecular weight excluding hydrogens is 381 g/mol. The lowest BCUT2D eigenvalue weighted by Gasteiger charge is -2.14. The molecule has 0 aliphatic carbocycles. The zero-order chi connectivity index (χ0) is 14.3. The van der Waals surface area contributed by atoms with E-state index in [1.165, 1.54) is 6.33 Å². The number of rotatable bonds is 3. The first-order chi connectivity index (χ1) is 9.60. The van der Waals surface area contributed by atoms with Crippen molar-refractivity contribution >= 4 is 40.1 Å². The number of hydrogen-bond donors (Lipinski definition) is 3. The number of aliphatic hydroxyl groups is 1. The highest BCUT2D eigenvalue weighted by Crippen LogP contribution is 2.30. The van der Waals surface area contributed by atoms with E-state index < -0.39 is 24.0 Å². The molecule has 20 heavy (non-hydrogen) atoms. The lowest BCUT2D eigenvalue weighted by atomic mass is 10.2. The summed E-state index contributed by atoms with van der Waals surface area (Å²) in [5.41, 5.74) is 5.65. The molecule has 0 aromatic carbocycles. The van der Waals surface area contributed by atoms with E-state index in [0.29, 0.717) is 12.1 Å². The Morgan fingerprint density at radius 3 is 3.25 bits per heavy atom. The molecule has 1 saturated heterocycles. The zero-order valence-corrected chi connectivity index (χ0v) is 12.4. The van der Waals surface area contributed by atoms with Gasteiger partial charge in [-0.05, 0) is 0 Å². The average molecular weight is 393 g/mol. The van der Waals surface area contributed by atoms with Crippen LogP contribution >= 0.6 is 23.0 Å². The number of aliphatic hydroxyl groups excluding tert-OH is 1. The lowest BCUT2D eigenvalue weighted by Crippen LogP contribution is -2.24. The Morgan fingerprint density at radius 2 is 2.50 bits per heavy atom. The number of aromatic nitrogens is 4. The number of nitrogen functional groups attached to an aromatic ring is 1. The summed E-state index contributed by atoms with van der Waals surface area (Å²) in [5, 5.41) is 9.92. The molecule has 0 spiro atoms. The standard InChI is InChI=1S/C10H12IN5O4/c11-19-2-5-4(17)1-6(20-5)16-3-13-7-8(16)14-10(12)15-9(7)18/h3-6,17H,1-2H2,(H3,12,14,15,18)/t4-,5-,6-/m1/s1. The third-order valence-corrected chi connectivity index (χ3v) is 3.55. The number of anilines is 1. The second kappa shape index (κ2) is 5.27. The second-order valence-corrected chi connectivity index (χ2v) is 5.11. The van der Waals surface area contributed by atoms with Gasteiger partial charge in [0.05, 0.1) is 19.0 Å². The van der Waals surface area contributed by atoms with Crippen LogP contribution in [0.5, 0.6) is 0 Å². The fraction of sp³-hybridized carbons (Fsp3) is 0.500. The Hall–Kier alpha value is -1.24. The predicted molar refractivity (Wildman–Crippen MR) is 77.1 cm³/mol. The fourth-order valence-corrected chi connectivity index (χ4v) is 2.61. The molecule has 0 bridgehead atoms. The molecule has 3 atom stereocenters. The summed E-state index contributed by atoms with van der Waals surface area (Å²) in [6, 6.07) is 0. The van der Waals surface area contributed by atoms with Crippen molar-refractivity contribution in [3.63, 3.8) is 0 Å². The van der Waals surface area contributed by atoms with Crippen LogP contribution < -0.4 is 11.3 Å². The van der Waals surface area contributed by atoms with Crippen LogP contribution in [0.1, 0.15) is 12.6 Å². The van der Waals surface area contributed by atoms with Crippen molar-refractivity contribution in [2.75, 3.05) is 12.3 Å². The van der Waals surface area contributed by atoms with Gasteiger partial charge in [0.15, 0.2) is 11.2 Å². The summed E-state index contributed by atoms with van der Waals surface area (Å²) >= 11 is 1.75.